The molecule has 3 heteroatoms. The first-order chi connectivity index (χ1) is 8.22. The summed E-state index contributed by atoms with van der Waals surface area (Å²) in [5, 5.41) is 4.48. The van der Waals surface area contributed by atoms with Gasteiger partial charge in [0.05, 0.1) is 0 Å². The largest absolute Gasteiger partial charge is 0.313 e. The SMILES string of the molecule is CCCCCC(C)NCCN1CCSC(C)C1. The highest BCUT2D eigenvalue weighted by atomic mass is 32.2. The van der Waals surface area contributed by atoms with Crippen LogP contribution in [0.25, 0.3) is 0 Å². The van der Waals surface area contributed by atoms with E-state index in [-0.39, 0.29) is 0 Å². The lowest BCUT2D eigenvalue weighted by atomic mass is 10.1. The van der Waals surface area contributed by atoms with Gasteiger partial charge in [-0.3, -0.25) is 0 Å². The van der Waals surface area contributed by atoms with Gasteiger partial charge in [0.2, 0.25) is 0 Å². The highest BCUT2D eigenvalue weighted by molar-refractivity contribution is 7.99. The van der Waals surface area contributed by atoms with Crippen molar-refractivity contribution in [2.75, 3.05) is 31.9 Å². The van der Waals surface area contributed by atoms with Crippen LogP contribution < -0.4 is 5.32 Å². The van der Waals surface area contributed by atoms with E-state index in [9.17, 15) is 0 Å². The van der Waals surface area contributed by atoms with Gasteiger partial charge in [-0.25, -0.2) is 0 Å². The van der Waals surface area contributed by atoms with E-state index in [2.05, 4.69) is 42.7 Å². The predicted molar refractivity (Wildman–Crippen MR) is 80.0 cm³/mol. The van der Waals surface area contributed by atoms with Crippen LogP contribution in [0.15, 0.2) is 0 Å². The molecule has 1 rings (SSSR count). The zero-order chi connectivity index (χ0) is 12.5. The molecule has 2 unspecified atom stereocenters. The summed E-state index contributed by atoms with van der Waals surface area (Å²) in [6, 6.07) is 0.693. The Kier molecular flexibility index (Phi) is 8.33. The van der Waals surface area contributed by atoms with Crippen LogP contribution in [0.5, 0.6) is 0 Å². The van der Waals surface area contributed by atoms with Crippen LogP contribution >= 0.6 is 11.8 Å². The van der Waals surface area contributed by atoms with Gasteiger partial charge in [-0.05, 0) is 13.3 Å². The van der Waals surface area contributed by atoms with E-state index < -0.39 is 0 Å². The molecule has 0 aliphatic carbocycles. The van der Waals surface area contributed by atoms with E-state index in [1.165, 1.54) is 51.1 Å². The molecule has 0 saturated carbocycles. The van der Waals surface area contributed by atoms with Gasteiger partial charge in [0.1, 0.15) is 0 Å². The van der Waals surface area contributed by atoms with Crippen molar-refractivity contribution in [2.24, 2.45) is 0 Å². The normalized spacial score (nSPS) is 23.8. The van der Waals surface area contributed by atoms with Gasteiger partial charge in [0.25, 0.3) is 0 Å². The number of hydrogen-bond acceptors (Lipinski definition) is 3. The van der Waals surface area contributed by atoms with E-state index >= 15 is 0 Å². The third kappa shape index (κ3) is 7.32. The number of nitrogens with zero attached hydrogens (tertiary/aromatic N) is 1. The summed E-state index contributed by atoms with van der Waals surface area (Å²) < 4.78 is 0. The number of rotatable bonds is 8. The number of nitrogens with one attached hydrogen (secondary N) is 1. The third-order valence-corrected chi connectivity index (χ3v) is 4.62. The number of hydrogen-bond donors (Lipinski definition) is 1. The van der Waals surface area contributed by atoms with Gasteiger partial charge in [-0.15, -0.1) is 0 Å². The Bertz CT molecular complexity index is 187. The maximum atomic E-state index is 3.66. The molecule has 1 aliphatic rings. The van der Waals surface area contributed by atoms with Gasteiger partial charge in [-0.2, -0.15) is 11.8 Å². The molecule has 102 valence electrons. The number of thioether (sulfide) groups is 1. The van der Waals surface area contributed by atoms with Gasteiger partial charge < -0.3 is 10.2 Å². The molecule has 0 amide bonds. The van der Waals surface area contributed by atoms with E-state index in [0.717, 1.165) is 11.8 Å². The van der Waals surface area contributed by atoms with Crippen LogP contribution in [0.3, 0.4) is 0 Å². The molecule has 1 saturated heterocycles. The first-order valence-corrected chi connectivity index (χ1v) is 8.34. The van der Waals surface area contributed by atoms with E-state index in [1.54, 1.807) is 0 Å². The Balaban J connectivity index is 1.98. The minimum Gasteiger partial charge on any atom is -0.313 e. The van der Waals surface area contributed by atoms with Crippen molar-refractivity contribution in [3.8, 4) is 0 Å². The van der Waals surface area contributed by atoms with Crippen LogP contribution in [0.4, 0.5) is 0 Å². The second-order valence-corrected chi connectivity index (χ2v) is 6.88. The summed E-state index contributed by atoms with van der Waals surface area (Å²) in [5.41, 5.74) is 0. The summed E-state index contributed by atoms with van der Waals surface area (Å²) in [6.45, 7) is 11.9. The van der Waals surface area contributed by atoms with Gasteiger partial charge >= 0.3 is 0 Å². The number of unbranched alkanes of at least 4 members (excludes halogenated alkanes) is 2. The van der Waals surface area contributed by atoms with Crippen molar-refractivity contribution >= 4 is 11.8 Å². The fraction of sp³-hybridized carbons (Fsp3) is 1.00. The molecule has 17 heavy (non-hydrogen) atoms. The molecule has 0 aromatic rings. The summed E-state index contributed by atoms with van der Waals surface area (Å²) in [7, 11) is 0. The van der Waals surface area contributed by atoms with Crippen LogP contribution in [0.1, 0.15) is 46.5 Å². The molecule has 1 heterocycles. The Morgan fingerprint density at radius 3 is 2.94 bits per heavy atom. The summed E-state index contributed by atoms with van der Waals surface area (Å²) in [4.78, 5) is 2.60. The van der Waals surface area contributed by atoms with Gasteiger partial charge in [-0.1, -0.05) is 33.1 Å². The Morgan fingerprint density at radius 1 is 1.41 bits per heavy atom. The van der Waals surface area contributed by atoms with Crippen LogP contribution in [-0.2, 0) is 0 Å². The van der Waals surface area contributed by atoms with Crippen molar-refractivity contribution in [1.82, 2.24) is 10.2 Å². The second kappa shape index (κ2) is 9.23. The molecule has 2 nitrogen and oxygen atoms in total. The molecule has 0 bridgehead atoms. The molecule has 0 aromatic carbocycles. The average Bonchev–Trinajstić information content (AvgIpc) is 2.29. The van der Waals surface area contributed by atoms with Crippen molar-refractivity contribution in [3.63, 3.8) is 0 Å². The molecular weight excluding hydrogens is 228 g/mol. The maximum absolute atomic E-state index is 3.66. The van der Waals surface area contributed by atoms with Crippen LogP contribution in [-0.4, -0.2) is 48.1 Å². The molecule has 0 radical (unpaired) electrons. The first-order valence-electron chi connectivity index (χ1n) is 7.29. The van der Waals surface area contributed by atoms with Crippen molar-refractivity contribution in [2.45, 2.75) is 57.7 Å². The topological polar surface area (TPSA) is 15.3 Å². The van der Waals surface area contributed by atoms with Crippen molar-refractivity contribution < 1.29 is 0 Å². The predicted octanol–water partition coefficient (Wildman–Crippen LogP) is 2.98. The van der Waals surface area contributed by atoms with Crippen LogP contribution in [0.2, 0.25) is 0 Å². The van der Waals surface area contributed by atoms with Gasteiger partial charge in [0.15, 0.2) is 0 Å². The molecule has 0 aromatic heterocycles. The zero-order valence-corrected chi connectivity index (χ0v) is 12.7. The summed E-state index contributed by atoms with van der Waals surface area (Å²) >= 11 is 2.11. The summed E-state index contributed by atoms with van der Waals surface area (Å²) in [6.07, 6.45) is 5.42. The highest BCUT2D eigenvalue weighted by Gasteiger charge is 2.15. The van der Waals surface area contributed by atoms with E-state index in [4.69, 9.17) is 0 Å². The first kappa shape index (κ1) is 15.3. The third-order valence-electron chi connectivity index (χ3n) is 3.49. The van der Waals surface area contributed by atoms with Crippen LogP contribution in [0, 0.1) is 0 Å². The molecular formula is C14H30N2S. The van der Waals surface area contributed by atoms with Gasteiger partial charge in [0, 0.05) is 43.2 Å². The monoisotopic (exact) mass is 258 g/mol. The molecule has 1 fully saturated rings. The highest BCUT2D eigenvalue weighted by Crippen LogP contribution is 2.16. The minimum atomic E-state index is 0.693. The van der Waals surface area contributed by atoms with Crippen molar-refractivity contribution in [1.29, 1.82) is 0 Å². The van der Waals surface area contributed by atoms with E-state index in [1.807, 2.05) is 0 Å². The Labute approximate surface area is 112 Å². The fourth-order valence-electron chi connectivity index (χ4n) is 2.37. The quantitative estimate of drug-likeness (QED) is 0.674. The summed E-state index contributed by atoms with van der Waals surface area (Å²) in [5.74, 6) is 1.31. The molecule has 2 atom stereocenters. The smallest absolute Gasteiger partial charge is 0.0147 e. The lowest BCUT2D eigenvalue weighted by Gasteiger charge is -2.30. The molecule has 1 N–H and O–H groups in total. The molecule has 0 spiro atoms. The lowest BCUT2D eigenvalue weighted by molar-refractivity contribution is 0.280. The lowest BCUT2D eigenvalue weighted by Crippen LogP contribution is -2.42. The standard InChI is InChI=1S/C14H30N2S/c1-4-5-6-7-13(2)15-8-9-16-10-11-17-14(3)12-16/h13-15H,4-12H2,1-3H3. The average molecular weight is 258 g/mol. The fourth-order valence-corrected chi connectivity index (χ4v) is 3.45. The maximum Gasteiger partial charge on any atom is 0.0147 e. The van der Waals surface area contributed by atoms with E-state index in [0.29, 0.717) is 6.04 Å². The Hall–Kier alpha value is 0.270. The van der Waals surface area contributed by atoms with Crippen molar-refractivity contribution in [3.05, 3.63) is 0 Å². The molecule has 1 aliphatic heterocycles. The zero-order valence-electron chi connectivity index (χ0n) is 11.9. The Morgan fingerprint density at radius 2 is 2.24 bits per heavy atom. The second-order valence-electron chi connectivity index (χ2n) is 5.33. The minimum absolute atomic E-state index is 0.693.